The molecular formula is C13H21N. The van der Waals surface area contributed by atoms with Crippen molar-refractivity contribution in [3.63, 3.8) is 0 Å². The molecule has 0 saturated heterocycles. The summed E-state index contributed by atoms with van der Waals surface area (Å²) >= 11 is 0. The molecule has 1 N–H and O–H groups in total. The molecule has 1 nitrogen and oxygen atoms in total. The van der Waals surface area contributed by atoms with Crippen LogP contribution in [0, 0.1) is 6.92 Å². The highest BCUT2D eigenvalue weighted by Crippen LogP contribution is 2.04. The molecule has 0 fully saturated rings. The van der Waals surface area contributed by atoms with E-state index in [0.717, 1.165) is 13.0 Å². The third-order valence-corrected chi connectivity index (χ3v) is 2.19. The molecule has 0 aliphatic carbocycles. The predicted molar refractivity (Wildman–Crippen MR) is 62.6 cm³/mol. The number of nitrogens with one attached hydrogen (secondary N) is 1. The summed E-state index contributed by atoms with van der Waals surface area (Å²) in [5.74, 6) is 0. The van der Waals surface area contributed by atoms with Gasteiger partial charge in [-0.2, -0.15) is 0 Å². The number of rotatable bonds is 3. The Balaban J connectivity index is 2.35. The summed E-state index contributed by atoms with van der Waals surface area (Å²) in [4.78, 5) is 0. The SMILES string of the molecule is Cc1ccc(CCNC(C)(C)C)cc1. The number of aryl methyl sites for hydroxylation is 1. The molecule has 0 saturated carbocycles. The Hall–Kier alpha value is -0.820. The second-order valence-corrected chi connectivity index (χ2v) is 4.91. The third-order valence-electron chi connectivity index (χ3n) is 2.19. The van der Waals surface area contributed by atoms with Crippen molar-refractivity contribution >= 4 is 0 Å². The largest absolute Gasteiger partial charge is 0.312 e. The van der Waals surface area contributed by atoms with E-state index in [-0.39, 0.29) is 5.54 Å². The molecule has 78 valence electrons. The van der Waals surface area contributed by atoms with Crippen LogP contribution in [0.15, 0.2) is 24.3 Å². The lowest BCUT2D eigenvalue weighted by atomic mass is 10.1. The summed E-state index contributed by atoms with van der Waals surface area (Å²) < 4.78 is 0. The Labute approximate surface area is 87.5 Å². The highest BCUT2D eigenvalue weighted by molar-refractivity contribution is 5.21. The first-order valence-corrected chi connectivity index (χ1v) is 5.28. The zero-order valence-electron chi connectivity index (χ0n) is 9.72. The van der Waals surface area contributed by atoms with Crippen LogP contribution in [-0.2, 0) is 6.42 Å². The Bertz CT molecular complexity index is 266. The van der Waals surface area contributed by atoms with Crippen LogP contribution in [0.5, 0.6) is 0 Å². The molecule has 1 heteroatoms. The summed E-state index contributed by atoms with van der Waals surface area (Å²) in [5.41, 5.74) is 2.97. The maximum absolute atomic E-state index is 3.48. The lowest BCUT2D eigenvalue weighted by Crippen LogP contribution is -2.37. The van der Waals surface area contributed by atoms with Gasteiger partial charge in [-0.05, 0) is 46.2 Å². The zero-order valence-corrected chi connectivity index (χ0v) is 9.72. The fourth-order valence-corrected chi connectivity index (χ4v) is 1.34. The quantitative estimate of drug-likeness (QED) is 0.774. The molecule has 0 radical (unpaired) electrons. The van der Waals surface area contributed by atoms with Gasteiger partial charge in [0.05, 0.1) is 0 Å². The molecule has 1 aromatic carbocycles. The topological polar surface area (TPSA) is 12.0 Å². The lowest BCUT2D eigenvalue weighted by Gasteiger charge is -2.20. The van der Waals surface area contributed by atoms with E-state index in [9.17, 15) is 0 Å². The Kier molecular flexibility index (Phi) is 3.70. The maximum atomic E-state index is 3.48. The summed E-state index contributed by atoms with van der Waals surface area (Å²) in [7, 11) is 0. The fraction of sp³-hybridized carbons (Fsp3) is 0.538. The number of hydrogen-bond acceptors (Lipinski definition) is 1. The van der Waals surface area contributed by atoms with Crippen LogP contribution in [0.4, 0.5) is 0 Å². The average Bonchev–Trinajstić information content (AvgIpc) is 2.06. The molecule has 0 atom stereocenters. The predicted octanol–water partition coefficient (Wildman–Crippen LogP) is 2.93. The van der Waals surface area contributed by atoms with Crippen LogP contribution in [0.2, 0.25) is 0 Å². The Morgan fingerprint density at radius 3 is 2.14 bits per heavy atom. The van der Waals surface area contributed by atoms with Crippen molar-refractivity contribution in [1.29, 1.82) is 0 Å². The molecule has 0 aliphatic rings. The van der Waals surface area contributed by atoms with Gasteiger partial charge in [-0.3, -0.25) is 0 Å². The van der Waals surface area contributed by atoms with Gasteiger partial charge < -0.3 is 5.32 Å². The van der Waals surface area contributed by atoms with Gasteiger partial charge in [0.25, 0.3) is 0 Å². The second kappa shape index (κ2) is 4.61. The summed E-state index contributed by atoms with van der Waals surface area (Å²) in [6.45, 7) is 9.76. The van der Waals surface area contributed by atoms with E-state index in [1.54, 1.807) is 0 Å². The van der Waals surface area contributed by atoms with E-state index in [4.69, 9.17) is 0 Å². The second-order valence-electron chi connectivity index (χ2n) is 4.91. The fourth-order valence-electron chi connectivity index (χ4n) is 1.34. The molecular weight excluding hydrogens is 170 g/mol. The van der Waals surface area contributed by atoms with Crippen molar-refractivity contribution in [2.75, 3.05) is 6.54 Å². The van der Waals surface area contributed by atoms with Crippen molar-refractivity contribution < 1.29 is 0 Å². The number of benzene rings is 1. The molecule has 1 aromatic rings. The summed E-state index contributed by atoms with van der Waals surface area (Å²) in [5, 5.41) is 3.48. The first kappa shape index (κ1) is 11.3. The Morgan fingerprint density at radius 2 is 1.64 bits per heavy atom. The minimum Gasteiger partial charge on any atom is -0.312 e. The minimum atomic E-state index is 0.227. The molecule has 0 aromatic heterocycles. The molecule has 0 bridgehead atoms. The summed E-state index contributed by atoms with van der Waals surface area (Å²) in [6.07, 6.45) is 1.11. The molecule has 0 aliphatic heterocycles. The van der Waals surface area contributed by atoms with Gasteiger partial charge >= 0.3 is 0 Å². The van der Waals surface area contributed by atoms with Crippen molar-refractivity contribution in [1.82, 2.24) is 5.32 Å². The Morgan fingerprint density at radius 1 is 1.07 bits per heavy atom. The van der Waals surface area contributed by atoms with Crippen molar-refractivity contribution in [2.24, 2.45) is 0 Å². The van der Waals surface area contributed by atoms with Gasteiger partial charge in [-0.15, -0.1) is 0 Å². The zero-order chi connectivity index (χ0) is 10.6. The van der Waals surface area contributed by atoms with E-state index in [2.05, 4.69) is 57.3 Å². The van der Waals surface area contributed by atoms with Crippen LogP contribution in [0.3, 0.4) is 0 Å². The van der Waals surface area contributed by atoms with E-state index >= 15 is 0 Å². The van der Waals surface area contributed by atoms with Crippen LogP contribution >= 0.6 is 0 Å². The van der Waals surface area contributed by atoms with Gasteiger partial charge in [-0.1, -0.05) is 29.8 Å². The first-order chi connectivity index (χ1) is 6.47. The monoisotopic (exact) mass is 191 g/mol. The standard InChI is InChI=1S/C13H21N/c1-11-5-7-12(8-6-11)9-10-14-13(2,3)4/h5-8,14H,9-10H2,1-4H3. The van der Waals surface area contributed by atoms with E-state index in [1.165, 1.54) is 11.1 Å². The molecule has 14 heavy (non-hydrogen) atoms. The van der Waals surface area contributed by atoms with Crippen LogP contribution in [0.1, 0.15) is 31.9 Å². The van der Waals surface area contributed by atoms with Crippen molar-refractivity contribution in [3.05, 3.63) is 35.4 Å². The average molecular weight is 191 g/mol. The van der Waals surface area contributed by atoms with Crippen LogP contribution in [0.25, 0.3) is 0 Å². The minimum absolute atomic E-state index is 0.227. The van der Waals surface area contributed by atoms with Gasteiger partial charge in [0, 0.05) is 5.54 Å². The van der Waals surface area contributed by atoms with Crippen LogP contribution < -0.4 is 5.32 Å². The molecule has 0 unspecified atom stereocenters. The molecule has 0 amide bonds. The lowest BCUT2D eigenvalue weighted by molar-refractivity contribution is 0.429. The van der Waals surface area contributed by atoms with E-state index in [1.807, 2.05) is 0 Å². The maximum Gasteiger partial charge on any atom is 0.00966 e. The molecule has 0 heterocycles. The van der Waals surface area contributed by atoms with Gasteiger partial charge in [0.2, 0.25) is 0 Å². The first-order valence-electron chi connectivity index (χ1n) is 5.28. The third kappa shape index (κ3) is 4.43. The van der Waals surface area contributed by atoms with Crippen molar-refractivity contribution in [3.8, 4) is 0 Å². The number of hydrogen-bond donors (Lipinski definition) is 1. The smallest absolute Gasteiger partial charge is 0.00966 e. The van der Waals surface area contributed by atoms with Gasteiger partial charge in [0.15, 0.2) is 0 Å². The van der Waals surface area contributed by atoms with Crippen molar-refractivity contribution in [2.45, 2.75) is 39.7 Å². The van der Waals surface area contributed by atoms with Crippen LogP contribution in [-0.4, -0.2) is 12.1 Å². The highest BCUT2D eigenvalue weighted by Gasteiger charge is 2.07. The van der Waals surface area contributed by atoms with Gasteiger partial charge in [-0.25, -0.2) is 0 Å². The van der Waals surface area contributed by atoms with Gasteiger partial charge in [0.1, 0.15) is 0 Å². The highest BCUT2D eigenvalue weighted by atomic mass is 14.9. The van der Waals surface area contributed by atoms with E-state index in [0.29, 0.717) is 0 Å². The summed E-state index contributed by atoms with van der Waals surface area (Å²) in [6, 6.07) is 8.76. The molecule has 1 rings (SSSR count). The van der Waals surface area contributed by atoms with E-state index < -0.39 is 0 Å². The normalized spacial score (nSPS) is 11.7. The molecule has 0 spiro atoms.